The number of nitrogens with two attached hydrogens (primary N) is 1. The van der Waals surface area contributed by atoms with Crippen molar-refractivity contribution in [2.75, 3.05) is 12.8 Å². The molecule has 0 bridgehead atoms. The van der Waals surface area contributed by atoms with Gasteiger partial charge in [-0.05, 0) is 30.3 Å². The van der Waals surface area contributed by atoms with Gasteiger partial charge in [0, 0.05) is 11.4 Å². The highest BCUT2D eigenvalue weighted by atomic mass is 32.2. The summed E-state index contributed by atoms with van der Waals surface area (Å²) in [5.41, 5.74) is 6.34. The van der Waals surface area contributed by atoms with E-state index in [0.717, 1.165) is 6.42 Å². The highest BCUT2D eigenvalue weighted by Gasteiger charge is 2.16. The molecule has 2 aromatic rings. The van der Waals surface area contributed by atoms with E-state index in [1.165, 1.54) is 23.4 Å². The van der Waals surface area contributed by atoms with Crippen molar-refractivity contribution in [3.05, 3.63) is 34.2 Å². The molecule has 0 aliphatic carbocycles. The molecule has 0 atom stereocenters. The molecular formula is C13H16N4O3S. The van der Waals surface area contributed by atoms with Gasteiger partial charge in [-0.3, -0.25) is 4.57 Å². The maximum atomic E-state index is 11.7. The van der Waals surface area contributed by atoms with Crippen molar-refractivity contribution in [2.45, 2.75) is 29.9 Å². The zero-order chi connectivity index (χ0) is 15.4. The Bertz CT molecular complexity index is 708. The number of rotatable bonds is 5. The summed E-state index contributed by atoms with van der Waals surface area (Å²) >= 11 is 1.23. The molecule has 3 N–H and O–H groups in total. The number of nitrogen functional groups attached to an aromatic ring is 1. The lowest BCUT2D eigenvalue weighted by Crippen LogP contribution is -2.17. The van der Waals surface area contributed by atoms with Crippen LogP contribution < -0.4 is 11.4 Å². The number of carbonyl (C=O) groups is 1. The predicted octanol–water partition coefficient (Wildman–Crippen LogP) is 1.50. The van der Waals surface area contributed by atoms with Gasteiger partial charge in [0.1, 0.15) is 0 Å². The van der Waals surface area contributed by atoms with Crippen LogP contribution in [0, 0.1) is 0 Å². The topological polar surface area (TPSA) is 103 Å². The van der Waals surface area contributed by atoms with Crippen molar-refractivity contribution in [3.8, 4) is 0 Å². The van der Waals surface area contributed by atoms with E-state index in [9.17, 15) is 9.59 Å². The third kappa shape index (κ3) is 3.10. The summed E-state index contributed by atoms with van der Waals surface area (Å²) in [6, 6.07) is 5.07. The van der Waals surface area contributed by atoms with Gasteiger partial charge in [0.15, 0.2) is 5.16 Å². The monoisotopic (exact) mass is 308 g/mol. The number of hydrogen-bond acceptors (Lipinski definition) is 6. The lowest BCUT2D eigenvalue weighted by atomic mass is 10.2. The van der Waals surface area contributed by atoms with Gasteiger partial charge in [-0.25, -0.2) is 14.7 Å². The molecule has 0 radical (unpaired) electrons. The van der Waals surface area contributed by atoms with E-state index >= 15 is 0 Å². The highest BCUT2D eigenvalue weighted by Crippen LogP contribution is 2.32. The first kappa shape index (κ1) is 15.2. The summed E-state index contributed by atoms with van der Waals surface area (Å²) in [7, 11) is 1.30. The van der Waals surface area contributed by atoms with Gasteiger partial charge < -0.3 is 10.5 Å². The van der Waals surface area contributed by atoms with E-state index in [0.29, 0.717) is 27.8 Å². The van der Waals surface area contributed by atoms with Gasteiger partial charge in [-0.1, -0.05) is 13.0 Å². The number of para-hydroxylation sites is 1. The van der Waals surface area contributed by atoms with Crippen LogP contribution in [0.25, 0.3) is 0 Å². The van der Waals surface area contributed by atoms with E-state index in [4.69, 9.17) is 5.73 Å². The average Bonchev–Trinajstić information content (AvgIpc) is 2.82. The summed E-state index contributed by atoms with van der Waals surface area (Å²) in [6.45, 7) is 2.54. The molecule has 1 heterocycles. The van der Waals surface area contributed by atoms with Crippen molar-refractivity contribution in [1.29, 1.82) is 0 Å². The molecule has 0 unspecified atom stereocenters. The molecule has 1 aromatic carbocycles. The van der Waals surface area contributed by atoms with Crippen molar-refractivity contribution < 1.29 is 9.53 Å². The quantitative estimate of drug-likeness (QED) is 0.641. The lowest BCUT2D eigenvalue weighted by Gasteiger charge is -2.09. The first-order valence-corrected chi connectivity index (χ1v) is 7.20. The molecule has 0 saturated carbocycles. The number of H-pyrrole nitrogens is 1. The summed E-state index contributed by atoms with van der Waals surface area (Å²) in [6.07, 6.45) is 0.810. The third-order valence-corrected chi connectivity index (χ3v) is 3.91. The largest absolute Gasteiger partial charge is 0.465 e. The van der Waals surface area contributed by atoms with Crippen LogP contribution in [-0.4, -0.2) is 27.8 Å². The van der Waals surface area contributed by atoms with E-state index in [-0.39, 0.29) is 5.69 Å². The number of methoxy groups -OCH3 is 1. The van der Waals surface area contributed by atoms with E-state index in [1.807, 2.05) is 6.92 Å². The SMILES string of the molecule is CCCn1c(Sc2cccc(C(=O)OC)c2N)n[nH]c1=O. The van der Waals surface area contributed by atoms with Gasteiger partial charge in [0.2, 0.25) is 0 Å². The fourth-order valence-corrected chi connectivity index (χ4v) is 2.76. The Labute approximate surface area is 125 Å². The zero-order valence-corrected chi connectivity index (χ0v) is 12.6. The summed E-state index contributed by atoms with van der Waals surface area (Å²) in [5.74, 6) is -0.497. The van der Waals surface area contributed by atoms with Crippen LogP contribution in [0.5, 0.6) is 0 Å². The molecule has 0 fully saturated rings. The minimum atomic E-state index is -0.497. The standard InChI is InChI=1S/C13H16N4O3S/c1-3-7-17-12(19)15-16-13(17)21-9-6-4-5-8(10(9)14)11(18)20-2/h4-6H,3,7,14H2,1-2H3,(H,15,19). The molecule has 0 aliphatic rings. The summed E-state index contributed by atoms with van der Waals surface area (Å²) < 4.78 is 6.22. The first-order valence-electron chi connectivity index (χ1n) is 6.38. The third-order valence-electron chi connectivity index (χ3n) is 2.84. The first-order chi connectivity index (χ1) is 10.1. The smallest absolute Gasteiger partial charge is 0.343 e. The molecule has 7 nitrogen and oxygen atoms in total. The van der Waals surface area contributed by atoms with Crippen LogP contribution in [0.1, 0.15) is 23.7 Å². The average molecular weight is 308 g/mol. The molecule has 0 aliphatic heterocycles. The fraction of sp³-hybridized carbons (Fsp3) is 0.308. The molecular weight excluding hydrogens is 292 g/mol. The number of hydrogen-bond donors (Lipinski definition) is 2. The molecule has 21 heavy (non-hydrogen) atoms. The maximum Gasteiger partial charge on any atom is 0.343 e. The Hall–Kier alpha value is -2.22. The Balaban J connectivity index is 2.37. The minimum absolute atomic E-state index is 0.262. The summed E-state index contributed by atoms with van der Waals surface area (Å²) in [5, 5.41) is 6.91. The Morgan fingerprint density at radius 1 is 1.52 bits per heavy atom. The second-order valence-corrected chi connectivity index (χ2v) is 5.28. The molecule has 0 spiro atoms. The Kier molecular flexibility index (Phi) is 4.69. The number of nitrogens with one attached hydrogen (secondary N) is 1. The molecule has 112 valence electrons. The van der Waals surface area contributed by atoms with Gasteiger partial charge in [0.05, 0.1) is 18.4 Å². The van der Waals surface area contributed by atoms with Crippen LogP contribution >= 0.6 is 11.8 Å². The van der Waals surface area contributed by atoms with Crippen molar-refractivity contribution >= 4 is 23.4 Å². The maximum absolute atomic E-state index is 11.7. The predicted molar refractivity (Wildman–Crippen MR) is 79.5 cm³/mol. The van der Waals surface area contributed by atoms with Crippen LogP contribution in [0.15, 0.2) is 33.0 Å². The second kappa shape index (κ2) is 6.49. The van der Waals surface area contributed by atoms with E-state index in [1.54, 1.807) is 18.2 Å². The van der Waals surface area contributed by atoms with Gasteiger partial charge in [-0.15, -0.1) is 5.10 Å². The number of esters is 1. The van der Waals surface area contributed by atoms with E-state index < -0.39 is 5.97 Å². The number of nitrogens with zero attached hydrogens (tertiary/aromatic N) is 2. The van der Waals surface area contributed by atoms with Crippen molar-refractivity contribution in [3.63, 3.8) is 0 Å². The highest BCUT2D eigenvalue weighted by molar-refractivity contribution is 7.99. The van der Waals surface area contributed by atoms with Crippen molar-refractivity contribution in [1.82, 2.24) is 14.8 Å². The number of aromatic amines is 1. The number of carbonyl (C=O) groups excluding carboxylic acids is 1. The number of ether oxygens (including phenoxy) is 1. The normalized spacial score (nSPS) is 10.6. The van der Waals surface area contributed by atoms with Crippen LogP contribution in [0.4, 0.5) is 5.69 Å². The van der Waals surface area contributed by atoms with Crippen LogP contribution in [-0.2, 0) is 11.3 Å². The molecule has 2 rings (SSSR count). The number of anilines is 1. The van der Waals surface area contributed by atoms with Crippen LogP contribution in [0.2, 0.25) is 0 Å². The zero-order valence-electron chi connectivity index (χ0n) is 11.8. The van der Waals surface area contributed by atoms with Gasteiger partial charge in [0.25, 0.3) is 0 Å². The summed E-state index contributed by atoms with van der Waals surface area (Å²) in [4.78, 5) is 23.9. The lowest BCUT2D eigenvalue weighted by molar-refractivity contribution is 0.0601. The minimum Gasteiger partial charge on any atom is -0.465 e. The Morgan fingerprint density at radius 3 is 2.95 bits per heavy atom. The second-order valence-electron chi connectivity index (χ2n) is 4.27. The van der Waals surface area contributed by atoms with Gasteiger partial charge >= 0.3 is 11.7 Å². The molecule has 0 amide bonds. The number of aromatic nitrogens is 3. The van der Waals surface area contributed by atoms with Crippen molar-refractivity contribution in [2.24, 2.45) is 0 Å². The molecule has 1 aromatic heterocycles. The van der Waals surface area contributed by atoms with Gasteiger partial charge in [-0.2, -0.15) is 0 Å². The fourth-order valence-electron chi connectivity index (χ4n) is 1.82. The molecule has 0 saturated heterocycles. The van der Waals surface area contributed by atoms with Crippen LogP contribution in [0.3, 0.4) is 0 Å². The number of benzene rings is 1. The van der Waals surface area contributed by atoms with E-state index in [2.05, 4.69) is 14.9 Å². The Morgan fingerprint density at radius 2 is 2.29 bits per heavy atom. The molecule has 8 heteroatoms.